The molecule has 0 heterocycles. The van der Waals surface area contributed by atoms with Gasteiger partial charge in [-0.05, 0) is 44.5 Å². The van der Waals surface area contributed by atoms with Crippen molar-refractivity contribution < 1.29 is 0 Å². The summed E-state index contributed by atoms with van der Waals surface area (Å²) in [5, 5.41) is 7.09. The van der Waals surface area contributed by atoms with Crippen molar-refractivity contribution in [1.82, 2.24) is 0 Å². The van der Waals surface area contributed by atoms with Crippen molar-refractivity contribution in [2.24, 2.45) is 0 Å². The lowest BCUT2D eigenvalue weighted by Gasteiger charge is -2.08. The van der Waals surface area contributed by atoms with Gasteiger partial charge in [0.2, 0.25) is 0 Å². The Hall–Kier alpha value is -2.08. The normalized spacial score (nSPS) is 9.00. The molecule has 0 aromatic heterocycles. The monoisotopic (exact) mass is 308 g/mol. The van der Waals surface area contributed by atoms with Crippen LogP contribution in [-0.2, 0) is 0 Å². The van der Waals surface area contributed by atoms with E-state index in [2.05, 4.69) is 62.5 Å². The van der Waals surface area contributed by atoms with Crippen molar-refractivity contribution in [3.63, 3.8) is 0 Å². The lowest BCUT2D eigenvalue weighted by molar-refractivity contribution is 1.50. The largest absolute Gasteiger partial charge is 0.0905 e. The average molecular weight is 309 g/mol. The average Bonchev–Trinajstić information content (AvgIpc) is 2.64. The van der Waals surface area contributed by atoms with Gasteiger partial charge in [-0.3, -0.25) is 0 Å². The summed E-state index contributed by atoms with van der Waals surface area (Å²) in [7, 11) is 0. The van der Waals surface area contributed by atoms with E-state index in [1.165, 1.54) is 27.1 Å². The molecule has 0 nitrogen and oxygen atoms in total. The zero-order valence-corrected chi connectivity index (χ0v) is 16.0. The van der Waals surface area contributed by atoms with Gasteiger partial charge < -0.3 is 0 Å². The smallest absolute Gasteiger partial charge is 0.00758 e. The molecule has 0 amide bonds. The molecule has 0 heteroatoms. The molecule has 0 bridgehead atoms. The molecule has 0 N–H and O–H groups in total. The Morgan fingerprint density at radius 3 is 1.52 bits per heavy atom. The number of hydrogen-bond acceptors (Lipinski definition) is 0. The predicted octanol–water partition coefficient (Wildman–Crippen LogP) is 6.20. The fourth-order valence-electron chi connectivity index (χ4n) is 2.61. The van der Waals surface area contributed by atoms with Gasteiger partial charge in [0.05, 0.1) is 0 Å². The fourth-order valence-corrected chi connectivity index (χ4v) is 2.61. The highest BCUT2D eigenvalue weighted by atomic mass is 14.1. The molecule has 0 radical (unpaired) electrons. The lowest BCUT2D eigenvalue weighted by Crippen LogP contribution is -2.13. The summed E-state index contributed by atoms with van der Waals surface area (Å²) in [5.41, 5.74) is 1.27. The first kappa shape index (κ1) is 20.9. The highest BCUT2D eigenvalue weighted by molar-refractivity contribution is 6.00. The summed E-state index contributed by atoms with van der Waals surface area (Å²) in [6.07, 6.45) is 0. The van der Waals surface area contributed by atoms with Gasteiger partial charge in [0.25, 0.3) is 0 Å². The van der Waals surface area contributed by atoms with Crippen molar-refractivity contribution in [1.29, 1.82) is 0 Å². The van der Waals surface area contributed by atoms with E-state index in [4.69, 9.17) is 0 Å². The van der Waals surface area contributed by atoms with Crippen molar-refractivity contribution >= 4 is 34.7 Å². The van der Waals surface area contributed by atoms with Crippen LogP contribution in [0.3, 0.4) is 0 Å². The molecule has 0 spiro atoms. The molecule has 0 fully saturated rings. The van der Waals surface area contributed by atoms with Gasteiger partial charge in [-0.1, -0.05) is 97.2 Å². The molecule has 0 aliphatic rings. The van der Waals surface area contributed by atoms with Crippen molar-refractivity contribution in [2.75, 3.05) is 0 Å². The van der Waals surface area contributed by atoms with E-state index in [-0.39, 0.29) is 0 Å². The minimum Gasteiger partial charge on any atom is -0.0905 e. The Morgan fingerprint density at radius 1 is 0.565 bits per heavy atom. The highest BCUT2D eigenvalue weighted by Gasteiger charge is 2.04. The first-order valence-corrected chi connectivity index (χ1v) is 8.78. The van der Waals surface area contributed by atoms with Crippen LogP contribution in [0.1, 0.15) is 47.1 Å². The second-order valence-corrected chi connectivity index (χ2v) is 4.50. The molecule has 0 unspecified atom stereocenters. The summed E-state index contributed by atoms with van der Waals surface area (Å²) in [6, 6.07) is 14.7. The molecular weight excluding hydrogens is 276 g/mol. The third-order valence-corrected chi connectivity index (χ3v) is 3.48. The Bertz CT molecular complexity index is 826. The van der Waals surface area contributed by atoms with Crippen molar-refractivity contribution in [3.8, 4) is 0 Å². The van der Waals surface area contributed by atoms with Crippen molar-refractivity contribution in [2.45, 2.75) is 48.5 Å². The summed E-state index contributed by atoms with van der Waals surface area (Å²) in [6.45, 7) is 22.6. The molecule has 0 aliphatic carbocycles. The van der Waals surface area contributed by atoms with E-state index in [0.29, 0.717) is 0 Å². The van der Waals surface area contributed by atoms with E-state index in [1.807, 2.05) is 41.5 Å². The second-order valence-electron chi connectivity index (χ2n) is 4.50. The van der Waals surface area contributed by atoms with Gasteiger partial charge in [-0.2, -0.15) is 0 Å². The SMILES string of the molecule is C=c1c2ccccc2c(=C)c2c(C)cccc12.CC.CC.CC. The van der Waals surface area contributed by atoms with Gasteiger partial charge >= 0.3 is 0 Å². The van der Waals surface area contributed by atoms with Crippen LogP contribution < -0.4 is 10.4 Å². The summed E-state index contributed by atoms with van der Waals surface area (Å²) >= 11 is 0. The molecule has 3 aromatic rings. The van der Waals surface area contributed by atoms with E-state index in [0.717, 1.165) is 10.4 Å². The summed E-state index contributed by atoms with van der Waals surface area (Å²) in [5.74, 6) is 0. The maximum atomic E-state index is 4.25. The Morgan fingerprint density at radius 2 is 1.00 bits per heavy atom. The van der Waals surface area contributed by atoms with Crippen LogP contribution in [0.2, 0.25) is 0 Å². The van der Waals surface area contributed by atoms with Crippen LogP contribution in [-0.4, -0.2) is 0 Å². The zero-order chi connectivity index (χ0) is 18.0. The van der Waals surface area contributed by atoms with Gasteiger partial charge in [-0.25, -0.2) is 0 Å². The van der Waals surface area contributed by atoms with Crippen LogP contribution >= 0.6 is 0 Å². The molecule has 0 saturated heterocycles. The van der Waals surface area contributed by atoms with Crippen LogP contribution in [0.4, 0.5) is 0 Å². The third kappa shape index (κ3) is 4.22. The van der Waals surface area contributed by atoms with Gasteiger partial charge in [-0.15, -0.1) is 0 Å². The number of hydrogen-bond donors (Lipinski definition) is 0. The molecular formula is C23H32. The molecule has 0 saturated carbocycles. The van der Waals surface area contributed by atoms with E-state index in [9.17, 15) is 0 Å². The molecule has 23 heavy (non-hydrogen) atoms. The second kappa shape index (κ2) is 10.6. The maximum absolute atomic E-state index is 4.25. The molecule has 3 aromatic carbocycles. The third-order valence-electron chi connectivity index (χ3n) is 3.48. The van der Waals surface area contributed by atoms with Crippen LogP contribution in [0.5, 0.6) is 0 Å². The molecule has 0 atom stereocenters. The number of aryl methyl sites for hydroxylation is 1. The number of rotatable bonds is 0. The van der Waals surface area contributed by atoms with E-state index < -0.39 is 0 Å². The topological polar surface area (TPSA) is 0 Å². The van der Waals surface area contributed by atoms with Crippen LogP contribution in [0, 0.1) is 6.92 Å². The minimum atomic E-state index is 1.10. The zero-order valence-electron chi connectivity index (χ0n) is 16.0. The summed E-state index contributed by atoms with van der Waals surface area (Å²) in [4.78, 5) is 0. The first-order chi connectivity index (χ1) is 11.2. The number of benzene rings is 3. The van der Waals surface area contributed by atoms with Gasteiger partial charge in [0.1, 0.15) is 0 Å². The Labute approximate surface area is 142 Å². The molecule has 0 aliphatic heterocycles. The molecule has 124 valence electrons. The van der Waals surface area contributed by atoms with Crippen LogP contribution in [0.25, 0.3) is 34.7 Å². The standard InChI is InChI=1S/C17H14.3C2H6/c1-11-7-6-10-16-12(2)14-8-4-5-9-15(14)13(3)17(11)16;3*1-2/h4-10H,2-3H2,1H3;3*1-2H3. The minimum absolute atomic E-state index is 1.10. The van der Waals surface area contributed by atoms with E-state index in [1.54, 1.807) is 0 Å². The highest BCUT2D eigenvalue weighted by Crippen LogP contribution is 2.15. The predicted molar refractivity (Wildman–Crippen MR) is 111 cm³/mol. The fraction of sp³-hybridized carbons (Fsp3) is 0.304. The number of fused-ring (bicyclic) bond motifs is 2. The van der Waals surface area contributed by atoms with Crippen LogP contribution in [0.15, 0.2) is 42.5 Å². The van der Waals surface area contributed by atoms with Gasteiger partial charge in [0.15, 0.2) is 0 Å². The Balaban J connectivity index is 0.000000728. The summed E-state index contributed by atoms with van der Waals surface area (Å²) < 4.78 is 0. The van der Waals surface area contributed by atoms with Gasteiger partial charge in [0, 0.05) is 0 Å². The lowest BCUT2D eigenvalue weighted by atomic mass is 9.96. The van der Waals surface area contributed by atoms with Crippen molar-refractivity contribution in [3.05, 3.63) is 58.5 Å². The first-order valence-electron chi connectivity index (χ1n) is 8.78. The molecule has 3 rings (SSSR count). The maximum Gasteiger partial charge on any atom is -0.00758 e. The Kier molecular flexibility index (Phi) is 9.65. The van der Waals surface area contributed by atoms with E-state index >= 15 is 0 Å². The quantitative estimate of drug-likeness (QED) is 0.434.